The number of alkyl halides is 3. The average molecular weight is 416 g/mol. The van der Waals surface area contributed by atoms with Crippen LogP contribution in [0.3, 0.4) is 0 Å². The highest BCUT2D eigenvalue weighted by Gasteiger charge is 2.41. The van der Waals surface area contributed by atoms with Crippen molar-refractivity contribution in [2.45, 2.75) is 43.8 Å². The molecule has 2 fully saturated rings. The number of carbonyl (C=O) groups is 1. The zero-order valence-corrected chi connectivity index (χ0v) is 17.3. The van der Waals surface area contributed by atoms with E-state index in [0.29, 0.717) is 23.6 Å². The molecule has 0 unspecified atom stereocenters. The summed E-state index contributed by atoms with van der Waals surface area (Å²) in [7, 11) is 2.03. The van der Waals surface area contributed by atoms with Gasteiger partial charge in [0.1, 0.15) is 0 Å². The Morgan fingerprint density at radius 1 is 1.13 bits per heavy atom. The summed E-state index contributed by atoms with van der Waals surface area (Å²) in [5, 5.41) is 3.25. The molecular weight excluding hydrogens is 389 g/mol. The summed E-state index contributed by atoms with van der Waals surface area (Å²) in [5.41, 5.74) is 0.639. The topological polar surface area (TPSA) is 32.3 Å². The van der Waals surface area contributed by atoms with Gasteiger partial charge in [-0.1, -0.05) is 37.3 Å². The number of halogens is 3. The molecule has 0 bridgehead atoms. The van der Waals surface area contributed by atoms with Crippen LogP contribution in [-0.2, 0) is 11.7 Å². The Hall–Kier alpha value is -2.34. The molecule has 1 aliphatic carbocycles. The minimum atomic E-state index is -4.41. The van der Waals surface area contributed by atoms with E-state index < -0.39 is 17.3 Å². The summed E-state index contributed by atoms with van der Waals surface area (Å²) in [4.78, 5) is 15.6. The first kappa shape index (κ1) is 20.9. The molecular formula is C24H27F3N2O. The quantitative estimate of drug-likeness (QED) is 0.745. The molecule has 1 heterocycles. The molecule has 3 nitrogen and oxygen atoms in total. The Kier molecular flexibility index (Phi) is 5.39. The number of amides is 1. The normalized spacial score (nSPS) is 25.2. The third-order valence-electron chi connectivity index (χ3n) is 6.18. The van der Waals surface area contributed by atoms with Gasteiger partial charge in [0.05, 0.1) is 11.1 Å². The molecule has 0 spiro atoms. The number of likely N-dealkylation sites (tertiary alicyclic amines) is 1. The number of hydrogen-bond acceptors (Lipinski definition) is 2. The third kappa shape index (κ3) is 4.24. The minimum absolute atomic E-state index is 0.0358. The first-order chi connectivity index (χ1) is 14.2. The first-order valence-corrected chi connectivity index (χ1v) is 10.5. The molecule has 6 heteroatoms. The second-order valence-electron chi connectivity index (χ2n) is 8.98. The Morgan fingerprint density at radius 2 is 1.83 bits per heavy atom. The summed E-state index contributed by atoms with van der Waals surface area (Å²) >= 11 is 0. The van der Waals surface area contributed by atoms with Crippen LogP contribution >= 0.6 is 0 Å². The van der Waals surface area contributed by atoms with Crippen molar-refractivity contribution < 1.29 is 18.0 Å². The minimum Gasteiger partial charge on any atom is -0.341 e. The van der Waals surface area contributed by atoms with Gasteiger partial charge in [0.25, 0.3) is 5.91 Å². The standard InChI is InChI=1S/C24H27F3N2O/c1-16-13-23(15-29(2)14-16,18-6-4-3-5-7-18)28-22(30)20-11-10-19(24(25,26)27)12-21(20)17-8-9-17/h3-7,10-12,16-17H,8-9,13-15H2,1-2H3,(H,28,30)/t16-,23+/m1/s1. The van der Waals surface area contributed by atoms with Gasteiger partial charge in [-0.15, -0.1) is 0 Å². The van der Waals surface area contributed by atoms with Gasteiger partial charge in [-0.25, -0.2) is 0 Å². The number of likely N-dealkylation sites (N-methyl/N-ethyl adjacent to an activating group) is 1. The smallest absolute Gasteiger partial charge is 0.341 e. The molecule has 0 radical (unpaired) electrons. The molecule has 2 atom stereocenters. The van der Waals surface area contributed by atoms with Crippen molar-refractivity contribution >= 4 is 5.91 Å². The summed E-state index contributed by atoms with van der Waals surface area (Å²) in [5.74, 6) is 0.116. The van der Waals surface area contributed by atoms with Gasteiger partial charge in [0, 0.05) is 18.7 Å². The Bertz CT molecular complexity index is 912. The molecule has 0 aromatic heterocycles. The zero-order chi connectivity index (χ0) is 21.5. The molecule has 2 aromatic carbocycles. The number of hydrogen-bond donors (Lipinski definition) is 1. The Labute approximate surface area is 175 Å². The van der Waals surface area contributed by atoms with Crippen LogP contribution in [-0.4, -0.2) is 30.9 Å². The second-order valence-corrected chi connectivity index (χ2v) is 8.98. The summed E-state index contributed by atoms with van der Waals surface area (Å²) in [6.45, 7) is 3.76. The largest absolute Gasteiger partial charge is 0.416 e. The fourth-order valence-corrected chi connectivity index (χ4v) is 4.87. The second kappa shape index (κ2) is 7.73. The lowest BCUT2D eigenvalue weighted by molar-refractivity contribution is -0.137. The van der Waals surface area contributed by atoms with Crippen LogP contribution in [0.4, 0.5) is 13.2 Å². The number of benzene rings is 2. The molecule has 4 rings (SSSR count). The molecule has 1 saturated heterocycles. The summed E-state index contributed by atoms with van der Waals surface area (Å²) < 4.78 is 39.7. The van der Waals surface area contributed by atoms with E-state index >= 15 is 0 Å². The molecule has 1 amide bonds. The molecule has 1 aliphatic heterocycles. The van der Waals surface area contributed by atoms with E-state index in [1.54, 1.807) is 0 Å². The van der Waals surface area contributed by atoms with Crippen molar-refractivity contribution in [3.05, 3.63) is 70.8 Å². The maximum atomic E-state index is 13.4. The van der Waals surface area contributed by atoms with E-state index in [4.69, 9.17) is 0 Å². The van der Waals surface area contributed by atoms with Crippen LogP contribution in [0.1, 0.15) is 59.2 Å². The van der Waals surface area contributed by atoms with Crippen LogP contribution in [0.15, 0.2) is 48.5 Å². The number of nitrogens with zero attached hydrogens (tertiary/aromatic N) is 1. The average Bonchev–Trinajstić information content (AvgIpc) is 3.52. The number of nitrogens with one attached hydrogen (secondary N) is 1. The lowest BCUT2D eigenvalue weighted by Gasteiger charge is -2.45. The zero-order valence-electron chi connectivity index (χ0n) is 17.3. The molecule has 160 valence electrons. The van der Waals surface area contributed by atoms with E-state index in [0.717, 1.165) is 43.5 Å². The number of piperidine rings is 1. The third-order valence-corrected chi connectivity index (χ3v) is 6.18. The molecule has 2 aliphatic rings. The van der Waals surface area contributed by atoms with Gasteiger partial charge in [0.15, 0.2) is 0 Å². The van der Waals surface area contributed by atoms with Crippen LogP contribution < -0.4 is 5.32 Å². The van der Waals surface area contributed by atoms with Crippen molar-refractivity contribution in [3.63, 3.8) is 0 Å². The molecule has 1 N–H and O–H groups in total. The predicted octanol–water partition coefficient (Wildman–Crippen LogP) is 5.18. The monoisotopic (exact) mass is 416 g/mol. The highest BCUT2D eigenvalue weighted by molar-refractivity contribution is 5.96. The van der Waals surface area contributed by atoms with Gasteiger partial charge in [-0.2, -0.15) is 13.2 Å². The van der Waals surface area contributed by atoms with Crippen LogP contribution in [0.25, 0.3) is 0 Å². The van der Waals surface area contributed by atoms with Crippen molar-refractivity contribution in [1.29, 1.82) is 0 Å². The fraction of sp³-hybridized carbons (Fsp3) is 0.458. The number of carbonyl (C=O) groups excluding carboxylic acids is 1. The number of rotatable bonds is 4. The Balaban J connectivity index is 1.70. The van der Waals surface area contributed by atoms with Crippen LogP contribution in [0, 0.1) is 5.92 Å². The lowest BCUT2D eigenvalue weighted by atomic mass is 9.78. The predicted molar refractivity (Wildman–Crippen MR) is 110 cm³/mol. The molecule has 30 heavy (non-hydrogen) atoms. The van der Waals surface area contributed by atoms with Gasteiger partial charge in [-0.05, 0) is 67.5 Å². The fourth-order valence-electron chi connectivity index (χ4n) is 4.87. The van der Waals surface area contributed by atoms with E-state index in [9.17, 15) is 18.0 Å². The van der Waals surface area contributed by atoms with E-state index in [1.165, 1.54) is 6.07 Å². The van der Waals surface area contributed by atoms with E-state index in [2.05, 4.69) is 17.1 Å². The molecule has 2 aromatic rings. The van der Waals surface area contributed by atoms with Crippen molar-refractivity contribution in [3.8, 4) is 0 Å². The van der Waals surface area contributed by atoms with Gasteiger partial charge >= 0.3 is 6.18 Å². The maximum Gasteiger partial charge on any atom is 0.416 e. The maximum absolute atomic E-state index is 13.4. The van der Waals surface area contributed by atoms with Crippen LogP contribution in [0.2, 0.25) is 0 Å². The Morgan fingerprint density at radius 3 is 2.43 bits per heavy atom. The van der Waals surface area contributed by atoms with Crippen LogP contribution in [0.5, 0.6) is 0 Å². The molecule has 1 saturated carbocycles. The van der Waals surface area contributed by atoms with Gasteiger partial charge < -0.3 is 10.2 Å². The van der Waals surface area contributed by atoms with E-state index in [-0.39, 0.29) is 11.8 Å². The highest BCUT2D eigenvalue weighted by atomic mass is 19.4. The van der Waals surface area contributed by atoms with E-state index in [1.807, 2.05) is 37.4 Å². The van der Waals surface area contributed by atoms with Crippen molar-refractivity contribution in [1.82, 2.24) is 10.2 Å². The highest BCUT2D eigenvalue weighted by Crippen LogP contribution is 2.44. The summed E-state index contributed by atoms with van der Waals surface area (Å²) in [6.07, 6.45) is -1.98. The van der Waals surface area contributed by atoms with Gasteiger partial charge in [0.2, 0.25) is 0 Å². The van der Waals surface area contributed by atoms with Crippen molar-refractivity contribution in [2.75, 3.05) is 20.1 Å². The lowest BCUT2D eigenvalue weighted by Crippen LogP contribution is -2.57. The van der Waals surface area contributed by atoms with Crippen molar-refractivity contribution in [2.24, 2.45) is 5.92 Å². The summed E-state index contributed by atoms with van der Waals surface area (Å²) in [6, 6.07) is 13.4. The first-order valence-electron chi connectivity index (χ1n) is 10.5. The van der Waals surface area contributed by atoms with Gasteiger partial charge in [-0.3, -0.25) is 4.79 Å². The SMILES string of the molecule is C[C@H]1CN(C)C[C@](NC(=O)c2ccc(C(F)(F)F)cc2C2CC2)(c2ccccc2)C1.